The maximum absolute atomic E-state index is 5.22. The Balaban J connectivity index is 1.25. The van der Waals surface area contributed by atoms with Gasteiger partial charge in [-0.1, -0.05) is 115 Å². The van der Waals surface area contributed by atoms with Gasteiger partial charge in [0.25, 0.3) is 0 Å². The molecule has 0 fully saturated rings. The first kappa shape index (κ1) is 31.8. The molecule has 0 saturated heterocycles. The lowest BCUT2D eigenvalue weighted by atomic mass is 9.88. The molecule has 0 aliphatic rings. The number of benzene rings is 7. The predicted molar refractivity (Wildman–Crippen MR) is 228 cm³/mol. The zero-order valence-electron chi connectivity index (χ0n) is 30.0. The molecule has 0 unspecified atom stereocenters. The Labute approximate surface area is 321 Å². The maximum Gasteiger partial charge on any atom is 0.182 e. The van der Waals surface area contributed by atoms with E-state index in [1.807, 2.05) is 73.2 Å². The van der Waals surface area contributed by atoms with Crippen LogP contribution in [0.25, 0.3) is 111 Å². The van der Waals surface area contributed by atoms with Crippen molar-refractivity contribution in [3.8, 4) is 56.5 Å². The summed E-state index contributed by atoms with van der Waals surface area (Å²) in [6.45, 7) is 0. The SMILES string of the molecule is c1ccc(-c2nc(-c3cc(-c4c5ccccc5cc5ncccc45)cc(-c4c5ccccc5cc5ncccc45)c3)nc(-c3cc4ccccc4cn3)n2)cc1. The van der Waals surface area contributed by atoms with Gasteiger partial charge in [0.1, 0.15) is 5.69 Å². The van der Waals surface area contributed by atoms with Crippen LogP contribution in [0, 0.1) is 0 Å². The summed E-state index contributed by atoms with van der Waals surface area (Å²) in [7, 11) is 0. The Bertz CT molecular complexity index is 3080. The molecule has 260 valence electrons. The van der Waals surface area contributed by atoms with E-state index in [0.29, 0.717) is 23.2 Å². The summed E-state index contributed by atoms with van der Waals surface area (Å²) >= 11 is 0. The molecule has 4 aromatic heterocycles. The van der Waals surface area contributed by atoms with Gasteiger partial charge < -0.3 is 0 Å². The quantitative estimate of drug-likeness (QED) is 0.165. The number of hydrogen-bond acceptors (Lipinski definition) is 6. The number of pyridine rings is 3. The van der Waals surface area contributed by atoms with E-state index in [2.05, 4.69) is 109 Å². The minimum Gasteiger partial charge on any atom is -0.256 e. The molecule has 4 heterocycles. The van der Waals surface area contributed by atoms with Crippen LogP contribution < -0.4 is 0 Å². The summed E-state index contributed by atoms with van der Waals surface area (Å²) in [6.07, 6.45) is 5.60. The van der Waals surface area contributed by atoms with Gasteiger partial charge in [-0.15, -0.1) is 0 Å². The molecule has 0 radical (unpaired) electrons. The molecule has 6 heteroatoms. The summed E-state index contributed by atoms with van der Waals surface area (Å²) < 4.78 is 0. The molecule has 56 heavy (non-hydrogen) atoms. The molecule has 0 atom stereocenters. The third-order valence-corrected chi connectivity index (χ3v) is 10.6. The fraction of sp³-hybridized carbons (Fsp3) is 0. The first-order valence-electron chi connectivity index (χ1n) is 18.6. The zero-order valence-corrected chi connectivity index (χ0v) is 30.0. The molecule has 11 rings (SSSR count). The number of nitrogens with zero attached hydrogens (tertiary/aromatic N) is 6. The molecule has 7 aromatic carbocycles. The average Bonchev–Trinajstić information content (AvgIpc) is 3.27. The lowest BCUT2D eigenvalue weighted by molar-refractivity contribution is 1.06. The molecule has 6 nitrogen and oxygen atoms in total. The van der Waals surface area contributed by atoms with E-state index in [0.717, 1.165) is 87.5 Å². The van der Waals surface area contributed by atoms with E-state index in [1.165, 1.54) is 0 Å². The van der Waals surface area contributed by atoms with Crippen LogP contribution in [-0.4, -0.2) is 29.9 Å². The van der Waals surface area contributed by atoms with Crippen LogP contribution in [0.1, 0.15) is 0 Å². The highest BCUT2D eigenvalue weighted by molar-refractivity contribution is 6.15. The largest absolute Gasteiger partial charge is 0.256 e. The Morgan fingerprint density at radius 1 is 0.304 bits per heavy atom. The summed E-state index contributed by atoms with van der Waals surface area (Å²) in [5.41, 5.74) is 8.57. The highest BCUT2D eigenvalue weighted by Crippen LogP contribution is 2.43. The molecule has 11 aromatic rings. The highest BCUT2D eigenvalue weighted by Gasteiger charge is 2.20. The van der Waals surface area contributed by atoms with E-state index < -0.39 is 0 Å². The van der Waals surface area contributed by atoms with Crippen LogP contribution in [0.4, 0.5) is 0 Å². The van der Waals surface area contributed by atoms with Gasteiger partial charge in [-0.2, -0.15) is 0 Å². The van der Waals surface area contributed by atoms with Crippen LogP contribution in [-0.2, 0) is 0 Å². The number of rotatable bonds is 5. The second-order valence-electron chi connectivity index (χ2n) is 14.0. The Hall–Kier alpha value is -7.70. The van der Waals surface area contributed by atoms with E-state index in [1.54, 1.807) is 0 Å². The molecule has 0 spiro atoms. The molecule has 0 amide bonds. The summed E-state index contributed by atoms with van der Waals surface area (Å²) in [5.74, 6) is 1.63. The minimum atomic E-state index is 0.506. The molecular formula is C50H30N6. The van der Waals surface area contributed by atoms with Gasteiger partial charge in [0.15, 0.2) is 17.5 Å². The van der Waals surface area contributed by atoms with Crippen LogP contribution in [0.3, 0.4) is 0 Å². The Kier molecular flexibility index (Phi) is 7.38. The van der Waals surface area contributed by atoms with Gasteiger partial charge in [0.2, 0.25) is 0 Å². The van der Waals surface area contributed by atoms with Gasteiger partial charge in [-0.3, -0.25) is 15.0 Å². The summed E-state index contributed by atoms with van der Waals surface area (Å²) in [4.78, 5) is 29.9. The van der Waals surface area contributed by atoms with E-state index in [4.69, 9.17) is 29.9 Å². The number of aromatic nitrogens is 6. The summed E-state index contributed by atoms with van der Waals surface area (Å²) in [5, 5.41) is 8.79. The second-order valence-corrected chi connectivity index (χ2v) is 14.0. The van der Waals surface area contributed by atoms with Crippen LogP contribution in [0.2, 0.25) is 0 Å². The van der Waals surface area contributed by atoms with Crippen molar-refractivity contribution in [2.75, 3.05) is 0 Å². The predicted octanol–water partition coefficient (Wildman–Crippen LogP) is 12.2. The normalized spacial score (nSPS) is 11.6. The molecular weight excluding hydrogens is 685 g/mol. The molecule has 0 N–H and O–H groups in total. The van der Waals surface area contributed by atoms with Crippen molar-refractivity contribution in [3.63, 3.8) is 0 Å². The molecule has 0 bridgehead atoms. The van der Waals surface area contributed by atoms with Crippen molar-refractivity contribution in [2.24, 2.45) is 0 Å². The van der Waals surface area contributed by atoms with Gasteiger partial charge in [-0.25, -0.2) is 15.0 Å². The van der Waals surface area contributed by atoms with Gasteiger partial charge in [0, 0.05) is 45.9 Å². The third kappa shape index (κ3) is 5.43. The van der Waals surface area contributed by atoms with Crippen molar-refractivity contribution in [1.82, 2.24) is 29.9 Å². The van der Waals surface area contributed by atoms with Crippen LogP contribution >= 0.6 is 0 Å². The van der Waals surface area contributed by atoms with Gasteiger partial charge in [0.05, 0.1) is 11.0 Å². The zero-order chi connectivity index (χ0) is 37.0. The van der Waals surface area contributed by atoms with Crippen molar-refractivity contribution >= 4 is 54.1 Å². The smallest absolute Gasteiger partial charge is 0.182 e. The number of hydrogen-bond donors (Lipinski definition) is 0. The lowest BCUT2D eigenvalue weighted by Crippen LogP contribution is -2.02. The van der Waals surface area contributed by atoms with E-state index in [9.17, 15) is 0 Å². The monoisotopic (exact) mass is 714 g/mol. The van der Waals surface area contributed by atoms with Gasteiger partial charge >= 0.3 is 0 Å². The Morgan fingerprint density at radius 3 is 1.41 bits per heavy atom. The average molecular weight is 715 g/mol. The lowest BCUT2D eigenvalue weighted by Gasteiger charge is -2.17. The highest BCUT2D eigenvalue weighted by atomic mass is 15.0. The van der Waals surface area contributed by atoms with Crippen molar-refractivity contribution in [1.29, 1.82) is 0 Å². The molecule has 0 aliphatic carbocycles. The van der Waals surface area contributed by atoms with Gasteiger partial charge in [-0.05, 0) is 97.7 Å². The minimum absolute atomic E-state index is 0.506. The van der Waals surface area contributed by atoms with Crippen molar-refractivity contribution in [2.45, 2.75) is 0 Å². The number of fused-ring (bicyclic) bond motifs is 5. The standard InChI is InChI=1S/C50H30N6/c1-2-12-31(13-3-1)48-54-49(56-50(55-48)45-27-32-14-4-5-17-35(32)30-53-45)38-25-36(46-39-18-8-6-15-33(39)28-43-41(46)20-10-22-51-43)24-37(26-38)47-40-19-9-7-16-34(40)29-44-42(47)21-11-23-52-44/h1-30H. The topological polar surface area (TPSA) is 77.3 Å². The molecule has 0 aliphatic heterocycles. The van der Waals surface area contributed by atoms with Crippen LogP contribution in [0.5, 0.6) is 0 Å². The maximum atomic E-state index is 5.22. The van der Waals surface area contributed by atoms with E-state index >= 15 is 0 Å². The third-order valence-electron chi connectivity index (χ3n) is 10.6. The second kappa shape index (κ2) is 13.0. The fourth-order valence-corrected chi connectivity index (χ4v) is 7.98. The van der Waals surface area contributed by atoms with Crippen LogP contribution in [0.15, 0.2) is 182 Å². The van der Waals surface area contributed by atoms with Crippen molar-refractivity contribution < 1.29 is 0 Å². The summed E-state index contributed by atoms with van der Waals surface area (Å²) in [6, 6.07) is 56.8. The molecule has 0 saturated carbocycles. The first-order valence-corrected chi connectivity index (χ1v) is 18.6. The van der Waals surface area contributed by atoms with Crippen molar-refractivity contribution in [3.05, 3.63) is 182 Å². The first-order chi connectivity index (χ1) is 27.7. The Morgan fingerprint density at radius 2 is 0.786 bits per heavy atom. The fourth-order valence-electron chi connectivity index (χ4n) is 7.98. The van der Waals surface area contributed by atoms with E-state index in [-0.39, 0.29) is 0 Å².